The molecule has 0 N–H and O–H groups in total. The fourth-order valence-corrected chi connectivity index (χ4v) is 2.73. The Morgan fingerprint density at radius 2 is 1.84 bits per heavy atom. The van der Waals surface area contributed by atoms with Crippen molar-refractivity contribution in [1.29, 1.82) is 5.26 Å². The van der Waals surface area contributed by atoms with Gasteiger partial charge in [-0.05, 0) is 42.3 Å². The summed E-state index contributed by atoms with van der Waals surface area (Å²) < 4.78 is 11.2. The van der Waals surface area contributed by atoms with Crippen LogP contribution in [0, 0.1) is 11.3 Å². The van der Waals surface area contributed by atoms with Crippen molar-refractivity contribution in [2.45, 2.75) is 12.8 Å². The van der Waals surface area contributed by atoms with Crippen LogP contribution in [0.3, 0.4) is 0 Å². The molecule has 0 radical (unpaired) electrons. The summed E-state index contributed by atoms with van der Waals surface area (Å²) >= 11 is 11.8. The summed E-state index contributed by atoms with van der Waals surface area (Å²) in [6.45, 7) is 0.455. The van der Waals surface area contributed by atoms with E-state index in [1.807, 2.05) is 18.2 Å². The van der Waals surface area contributed by atoms with E-state index < -0.39 is 0 Å². The number of rotatable bonds is 6. The Balaban J connectivity index is 1.64. The Bertz CT molecular complexity index is 899. The lowest BCUT2D eigenvalue weighted by atomic mass is 10.1. The minimum Gasteiger partial charge on any atom is -0.492 e. The highest BCUT2D eigenvalue weighted by molar-refractivity contribution is 6.30. The molecule has 0 fully saturated rings. The standard InChI is InChI=1S/C19H14Cl2N2O2/c20-15-9-7-13(8-10-15)18-17(25-19(21)23-18)6-3-11-24-16-5-2-1-4-14(16)12-22/h1-2,4-5,7-10H,3,6,11H2. The number of nitriles is 1. The molecule has 1 aromatic heterocycles. The van der Waals surface area contributed by atoms with Gasteiger partial charge in [-0.1, -0.05) is 35.9 Å². The number of nitrogens with zero attached hydrogens (tertiary/aromatic N) is 2. The summed E-state index contributed by atoms with van der Waals surface area (Å²) in [7, 11) is 0. The van der Waals surface area contributed by atoms with Crippen molar-refractivity contribution in [1.82, 2.24) is 4.98 Å². The van der Waals surface area contributed by atoms with Crippen LogP contribution in [0.2, 0.25) is 10.4 Å². The summed E-state index contributed by atoms with van der Waals surface area (Å²) in [5.41, 5.74) is 2.12. The predicted octanol–water partition coefficient (Wildman–Crippen LogP) is 5.53. The van der Waals surface area contributed by atoms with Crippen LogP contribution in [0.15, 0.2) is 52.9 Å². The molecule has 0 unspecified atom stereocenters. The highest BCUT2D eigenvalue weighted by Crippen LogP contribution is 2.28. The highest BCUT2D eigenvalue weighted by atomic mass is 35.5. The van der Waals surface area contributed by atoms with Crippen molar-refractivity contribution >= 4 is 23.2 Å². The van der Waals surface area contributed by atoms with Gasteiger partial charge in [0.25, 0.3) is 5.35 Å². The molecule has 1 heterocycles. The molecule has 0 saturated carbocycles. The molecular weight excluding hydrogens is 359 g/mol. The monoisotopic (exact) mass is 372 g/mol. The van der Waals surface area contributed by atoms with Crippen molar-refractivity contribution in [2.75, 3.05) is 6.61 Å². The lowest BCUT2D eigenvalue weighted by Gasteiger charge is -2.07. The van der Waals surface area contributed by atoms with E-state index in [9.17, 15) is 0 Å². The van der Waals surface area contributed by atoms with E-state index in [1.165, 1.54) is 0 Å². The van der Waals surface area contributed by atoms with Crippen molar-refractivity contribution in [2.24, 2.45) is 0 Å². The number of oxazole rings is 1. The molecule has 3 aromatic rings. The van der Waals surface area contributed by atoms with E-state index in [1.54, 1.807) is 30.3 Å². The molecule has 0 aliphatic heterocycles. The van der Waals surface area contributed by atoms with E-state index in [4.69, 9.17) is 37.6 Å². The van der Waals surface area contributed by atoms with Crippen LogP contribution >= 0.6 is 23.2 Å². The van der Waals surface area contributed by atoms with E-state index in [0.29, 0.717) is 47.2 Å². The zero-order valence-corrected chi connectivity index (χ0v) is 14.7. The quantitative estimate of drug-likeness (QED) is 0.533. The number of hydrogen-bond donors (Lipinski definition) is 0. The second kappa shape index (κ2) is 8.06. The first-order chi connectivity index (χ1) is 12.2. The van der Waals surface area contributed by atoms with Gasteiger partial charge in [0.2, 0.25) is 0 Å². The fraction of sp³-hybridized carbons (Fsp3) is 0.158. The third-order valence-electron chi connectivity index (χ3n) is 3.60. The van der Waals surface area contributed by atoms with Crippen LogP contribution in [0.4, 0.5) is 0 Å². The van der Waals surface area contributed by atoms with Gasteiger partial charge in [-0.2, -0.15) is 10.2 Å². The first-order valence-corrected chi connectivity index (χ1v) is 8.46. The van der Waals surface area contributed by atoms with Crippen LogP contribution in [-0.2, 0) is 6.42 Å². The number of ether oxygens (including phenoxy) is 1. The van der Waals surface area contributed by atoms with Crippen molar-refractivity contribution < 1.29 is 9.15 Å². The van der Waals surface area contributed by atoms with E-state index >= 15 is 0 Å². The molecule has 0 saturated heterocycles. The Morgan fingerprint density at radius 1 is 1.08 bits per heavy atom. The van der Waals surface area contributed by atoms with Gasteiger partial charge in [0.05, 0.1) is 12.2 Å². The van der Waals surface area contributed by atoms with Gasteiger partial charge in [-0.25, -0.2) is 0 Å². The zero-order valence-electron chi connectivity index (χ0n) is 13.2. The second-order valence-electron chi connectivity index (χ2n) is 5.31. The van der Waals surface area contributed by atoms with E-state index in [0.717, 1.165) is 5.56 Å². The first-order valence-electron chi connectivity index (χ1n) is 7.70. The topological polar surface area (TPSA) is 59.0 Å². The van der Waals surface area contributed by atoms with Gasteiger partial charge in [0.15, 0.2) is 0 Å². The lowest BCUT2D eigenvalue weighted by Crippen LogP contribution is -2.01. The van der Waals surface area contributed by atoms with Gasteiger partial charge in [-0.3, -0.25) is 0 Å². The number of benzene rings is 2. The summed E-state index contributed by atoms with van der Waals surface area (Å²) in [4.78, 5) is 4.25. The number of aryl methyl sites for hydroxylation is 1. The van der Waals surface area contributed by atoms with Crippen LogP contribution in [-0.4, -0.2) is 11.6 Å². The molecule has 25 heavy (non-hydrogen) atoms. The third-order valence-corrected chi connectivity index (χ3v) is 4.02. The maximum Gasteiger partial charge on any atom is 0.292 e. The van der Waals surface area contributed by atoms with E-state index in [-0.39, 0.29) is 5.35 Å². The Labute approximate surface area is 155 Å². The van der Waals surface area contributed by atoms with Gasteiger partial charge < -0.3 is 9.15 Å². The predicted molar refractivity (Wildman–Crippen MR) is 96.9 cm³/mol. The molecule has 0 atom stereocenters. The van der Waals surface area contributed by atoms with Crippen LogP contribution in [0.5, 0.6) is 5.75 Å². The molecule has 4 nitrogen and oxygen atoms in total. The van der Waals surface area contributed by atoms with Gasteiger partial charge in [0.1, 0.15) is 23.3 Å². The van der Waals surface area contributed by atoms with Crippen molar-refractivity contribution in [3.05, 3.63) is 70.2 Å². The Kier molecular flexibility index (Phi) is 5.60. The molecule has 2 aromatic carbocycles. The van der Waals surface area contributed by atoms with Gasteiger partial charge >= 0.3 is 0 Å². The van der Waals surface area contributed by atoms with Crippen LogP contribution in [0.1, 0.15) is 17.7 Å². The maximum atomic E-state index is 9.06. The summed E-state index contributed by atoms with van der Waals surface area (Å²) in [5.74, 6) is 1.28. The maximum absolute atomic E-state index is 9.06. The van der Waals surface area contributed by atoms with Gasteiger partial charge in [-0.15, -0.1) is 0 Å². The number of hydrogen-bond acceptors (Lipinski definition) is 4. The average molecular weight is 373 g/mol. The minimum atomic E-state index is 0.107. The van der Waals surface area contributed by atoms with E-state index in [2.05, 4.69) is 11.1 Å². The van der Waals surface area contributed by atoms with Crippen molar-refractivity contribution in [3.8, 4) is 23.1 Å². The number of aromatic nitrogens is 1. The second-order valence-corrected chi connectivity index (χ2v) is 6.07. The molecule has 0 bridgehead atoms. The summed E-state index contributed by atoms with van der Waals surface area (Å²) in [6.07, 6.45) is 1.32. The molecule has 126 valence electrons. The molecular formula is C19H14Cl2N2O2. The molecule has 0 spiro atoms. The average Bonchev–Trinajstić information content (AvgIpc) is 3.00. The normalized spacial score (nSPS) is 10.4. The first kappa shape index (κ1) is 17.3. The minimum absolute atomic E-state index is 0.107. The van der Waals surface area contributed by atoms with Crippen LogP contribution in [0.25, 0.3) is 11.3 Å². The molecule has 0 aliphatic rings. The van der Waals surface area contributed by atoms with Crippen molar-refractivity contribution in [3.63, 3.8) is 0 Å². The molecule has 0 aliphatic carbocycles. The molecule has 3 rings (SSSR count). The fourth-order valence-electron chi connectivity index (χ4n) is 2.43. The molecule has 6 heteroatoms. The Hall–Kier alpha value is -2.48. The molecule has 0 amide bonds. The highest BCUT2D eigenvalue weighted by Gasteiger charge is 2.14. The SMILES string of the molecule is N#Cc1ccccc1OCCCc1oc(Cl)nc1-c1ccc(Cl)cc1. The smallest absolute Gasteiger partial charge is 0.292 e. The third kappa shape index (κ3) is 4.33. The summed E-state index contributed by atoms with van der Waals surface area (Å²) in [6, 6.07) is 16.6. The largest absolute Gasteiger partial charge is 0.492 e. The zero-order chi connectivity index (χ0) is 17.6. The number of para-hydroxylation sites is 1. The van der Waals surface area contributed by atoms with Crippen LogP contribution < -0.4 is 4.74 Å². The lowest BCUT2D eigenvalue weighted by molar-refractivity contribution is 0.305. The summed E-state index contributed by atoms with van der Waals surface area (Å²) in [5, 5.41) is 9.82. The Morgan fingerprint density at radius 3 is 2.60 bits per heavy atom. The number of halogens is 2. The van der Waals surface area contributed by atoms with Gasteiger partial charge in [0, 0.05) is 17.0 Å².